The summed E-state index contributed by atoms with van der Waals surface area (Å²) in [6.45, 7) is 5.20. The molecule has 2 aliphatic rings. The van der Waals surface area contributed by atoms with Crippen molar-refractivity contribution in [3.8, 4) is 0 Å². The molecule has 1 aliphatic heterocycles. The molecule has 0 bridgehead atoms. The second-order valence-corrected chi connectivity index (χ2v) is 10.0. The average Bonchev–Trinajstić information content (AvgIpc) is 2.81. The van der Waals surface area contributed by atoms with Crippen LogP contribution in [0.25, 0.3) is 0 Å². The number of halogens is 3. The summed E-state index contributed by atoms with van der Waals surface area (Å²) < 4.78 is 50.5. The van der Waals surface area contributed by atoms with Gasteiger partial charge >= 0.3 is 12.3 Å². The largest absolute Gasteiger partial charge is 0.508 e. The SMILES string of the molecule is CC1c2cc(C(F)(F)F)ccc2N[C@@H](C2C=CC=CC2)[C@@H]1CC[C@@H](C)COC(=O)OCCN(C)C. The van der Waals surface area contributed by atoms with Crippen LogP contribution in [-0.2, 0) is 15.7 Å². The lowest BCUT2D eigenvalue weighted by Crippen LogP contribution is -2.42. The third-order valence-corrected chi connectivity index (χ3v) is 7.01. The third kappa shape index (κ3) is 7.50. The summed E-state index contributed by atoms with van der Waals surface area (Å²) >= 11 is 0. The number of hydrogen-bond donors (Lipinski definition) is 1. The molecular weight excluding hydrogens is 457 g/mol. The van der Waals surface area contributed by atoms with E-state index in [4.69, 9.17) is 9.47 Å². The molecule has 1 aliphatic carbocycles. The van der Waals surface area contributed by atoms with Crippen LogP contribution in [0, 0.1) is 17.8 Å². The van der Waals surface area contributed by atoms with E-state index in [1.54, 1.807) is 6.07 Å². The minimum atomic E-state index is -4.37. The molecule has 2 unspecified atom stereocenters. The Morgan fingerprint density at radius 1 is 1.23 bits per heavy atom. The molecule has 194 valence electrons. The molecule has 0 amide bonds. The van der Waals surface area contributed by atoms with Gasteiger partial charge in [-0.1, -0.05) is 38.2 Å². The van der Waals surface area contributed by atoms with E-state index in [1.807, 2.05) is 45.0 Å². The van der Waals surface area contributed by atoms with Crippen molar-refractivity contribution in [1.82, 2.24) is 4.90 Å². The van der Waals surface area contributed by atoms with Crippen molar-refractivity contribution in [3.05, 3.63) is 53.6 Å². The molecule has 0 radical (unpaired) electrons. The lowest BCUT2D eigenvalue weighted by atomic mass is 9.70. The summed E-state index contributed by atoms with van der Waals surface area (Å²) in [7, 11) is 3.79. The summed E-state index contributed by atoms with van der Waals surface area (Å²) in [6, 6.07) is 4.13. The Hall–Kier alpha value is -2.48. The molecule has 35 heavy (non-hydrogen) atoms. The van der Waals surface area contributed by atoms with Crippen LogP contribution in [0.2, 0.25) is 0 Å². The highest BCUT2D eigenvalue weighted by molar-refractivity contribution is 5.60. The minimum Gasteiger partial charge on any atom is -0.434 e. The highest BCUT2D eigenvalue weighted by atomic mass is 19.4. The van der Waals surface area contributed by atoms with Crippen molar-refractivity contribution >= 4 is 11.8 Å². The van der Waals surface area contributed by atoms with E-state index in [9.17, 15) is 18.0 Å². The number of fused-ring (bicyclic) bond motifs is 1. The first kappa shape index (κ1) is 27.1. The number of carbonyl (C=O) groups excluding carboxylic acids is 1. The number of likely N-dealkylation sites (N-methyl/N-ethyl adjacent to an activating group) is 1. The van der Waals surface area contributed by atoms with Crippen molar-refractivity contribution in [3.63, 3.8) is 0 Å². The Morgan fingerprint density at radius 2 is 2.00 bits per heavy atom. The number of nitrogens with zero attached hydrogens (tertiary/aromatic N) is 1. The van der Waals surface area contributed by atoms with Crippen molar-refractivity contribution in [2.45, 2.75) is 51.2 Å². The maximum Gasteiger partial charge on any atom is 0.508 e. The van der Waals surface area contributed by atoms with Crippen molar-refractivity contribution in [2.75, 3.05) is 39.2 Å². The number of carbonyl (C=O) groups is 1. The first-order valence-corrected chi connectivity index (χ1v) is 12.3. The van der Waals surface area contributed by atoms with Gasteiger partial charge in [0.15, 0.2) is 0 Å². The quantitative estimate of drug-likeness (QED) is 0.398. The summed E-state index contributed by atoms with van der Waals surface area (Å²) in [5.74, 6) is 0.471. The van der Waals surface area contributed by atoms with Gasteiger partial charge in [0, 0.05) is 24.2 Å². The van der Waals surface area contributed by atoms with Gasteiger partial charge in [0.25, 0.3) is 0 Å². The number of rotatable bonds is 9. The highest BCUT2D eigenvalue weighted by Crippen LogP contribution is 2.45. The van der Waals surface area contributed by atoms with Gasteiger partial charge in [-0.3, -0.25) is 0 Å². The second kappa shape index (κ2) is 12.0. The fourth-order valence-corrected chi connectivity index (χ4v) is 4.92. The number of nitrogens with one attached hydrogen (secondary N) is 1. The molecule has 1 heterocycles. The van der Waals surface area contributed by atoms with Gasteiger partial charge in [-0.2, -0.15) is 13.2 Å². The van der Waals surface area contributed by atoms with Crippen LogP contribution in [0.4, 0.5) is 23.7 Å². The molecule has 0 saturated carbocycles. The van der Waals surface area contributed by atoms with E-state index in [0.29, 0.717) is 12.1 Å². The first-order chi connectivity index (χ1) is 16.6. The molecule has 5 nitrogen and oxygen atoms in total. The number of benzene rings is 1. The molecule has 0 aromatic heterocycles. The van der Waals surface area contributed by atoms with Gasteiger partial charge in [0.1, 0.15) is 6.61 Å². The molecule has 1 aromatic rings. The number of ether oxygens (including phenoxy) is 2. The molecule has 3 rings (SSSR count). The van der Waals surface area contributed by atoms with E-state index in [-0.39, 0.29) is 42.9 Å². The van der Waals surface area contributed by atoms with Crippen LogP contribution < -0.4 is 5.32 Å². The summed E-state index contributed by atoms with van der Waals surface area (Å²) in [5.41, 5.74) is 0.883. The maximum absolute atomic E-state index is 13.4. The molecule has 0 fully saturated rings. The van der Waals surface area contributed by atoms with Gasteiger partial charge in [-0.25, -0.2) is 4.79 Å². The summed E-state index contributed by atoms with van der Waals surface area (Å²) in [5, 5.41) is 3.57. The van der Waals surface area contributed by atoms with Gasteiger partial charge < -0.3 is 19.7 Å². The van der Waals surface area contributed by atoms with Crippen molar-refractivity contribution < 1.29 is 27.4 Å². The first-order valence-electron chi connectivity index (χ1n) is 12.3. The standard InChI is InChI=1S/C27H37F3N2O3/c1-18(17-35-26(33)34-15-14-32(3)4)10-12-22-19(2)23-16-21(27(28,29)30)11-13-24(23)31-25(22)20-8-6-5-7-9-20/h5-8,11,13,16,18-20,22,25,31H,9-10,12,14-15,17H2,1-4H3/t18-,19?,20?,22-,25+/m1/s1. The molecule has 1 N–H and O–H groups in total. The molecule has 8 heteroatoms. The predicted molar refractivity (Wildman–Crippen MR) is 131 cm³/mol. The van der Waals surface area contributed by atoms with E-state index in [1.165, 1.54) is 6.07 Å². The van der Waals surface area contributed by atoms with Crippen LogP contribution in [0.15, 0.2) is 42.5 Å². The molecular formula is C27H37F3N2O3. The lowest BCUT2D eigenvalue weighted by molar-refractivity contribution is -0.137. The monoisotopic (exact) mass is 494 g/mol. The van der Waals surface area contributed by atoms with Gasteiger partial charge in [-0.15, -0.1) is 0 Å². The predicted octanol–water partition coefficient (Wildman–Crippen LogP) is 6.48. The zero-order valence-corrected chi connectivity index (χ0v) is 21.0. The van der Waals surface area contributed by atoms with Crippen molar-refractivity contribution in [1.29, 1.82) is 0 Å². The van der Waals surface area contributed by atoms with Crippen LogP contribution in [0.5, 0.6) is 0 Å². The Morgan fingerprint density at radius 3 is 2.66 bits per heavy atom. The highest BCUT2D eigenvalue weighted by Gasteiger charge is 2.39. The molecule has 1 aromatic carbocycles. The molecule has 0 saturated heterocycles. The fourth-order valence-electron chi connectivity index (χ4n) is 4.92. The zero-order valence-electron chi connectivity index (χ0n) is 21.0. The maximum atomic E-state index is 13.4. The minimum absolute atomic E-state index is 0.0398. The third-order valence-electron chi connectivity index (χ3n) is 7.01. The zero-order chi connectivity index (χ0) is 25.6. The second-order valence-electron chi connectivity index (χ2n) is 10.0. The summed E-state index contributed by atoms with van der Waals surface area (Å²) in [4.78, 5) is 13.7. The Balaban J connectivity index is 1.66. The number of allylic oxidation sites excluding steroid dienone is 3. The van der Waals surface area contributed by atoms with Crippen LogP contribution >= 0.6 is 0 Å². The molecule has 0 spiro atoms. The van der Waals surface area contributed by atoms with E-state index in [2.05, 4.69) is 17.5 Å². The van der Waals surface area contributed by atoms with Crippen molar-refractivity contribution in [2.24, 2.45) is 17.8 Å². The van der Waals surface area contributed by atoms with Crippen LogP contribution in [-0.4, -0.2) is 51.0 Å². The molecule has 5 atom stereocenters. The topological polar surface area (TPSA) is 50.8 Å². The van der Waals surface area contributed by atoms with E-state index >= 15 is 0 Å². The lowest BCUT2D eigenvalue weighted by Gasteiger charge is -2.43. The van der Waals surface area contributed by atoms with Gasteiger partial charge in [-0.05, 0) is 74.9 Å². The van der Waals surface area contributed by atoms with E-state index < -0.39 is 17.9 Å². The number of anilines is 1. The number of hydrogen-bond acceptors (Lipinski definition) is 5. The van der Waals surface area contributed by atoms with Gasteiger partial charge in [0.05, 0.1) is 12.2 Å². The van der Waals surface area contributed by atoms with Gasteiger partial charge in [0.2, 0.25) is 0 Å². The van der Waals surface area contributed by atoms with Crippen LogP contribution in [0.1, 0.15) is 50.2 Å². The summed E-state index contributed by atoms with van der Waals surface area (Å²) in [6.07, 6.45) is 5.84. The Kier molecular flexibility index (Phi) is 9.27. The Labute approximate surface area is 206 Å². The van der Waals surface area contributed by atoms with Crippen LogP contribution in [0.3, 0.4) is 0 Å². The smallest absolute Gasteiger partial charge is 0.434 e. The average molecular weight is 495 g/mol. The number of alkyl halides is 3. The Bertz CT molecular complexity index is 913. The van der Waals surface area contributed by atoms with E-state index in [0.717, 1.165) is 31.0 Å². The normalized spacial score (nSPS) is 24.6. The fraction of sp³-hybridized carbons (Fsp3) is 0.593.